The number of hydrogen-bond donors (Lipinski definition) is 2. The molecule has 0 spiro atoms. The van der Waals surface area contributed by atoms with Crippen LogP contribution in [-0.2, 0) is 11.2 Å². The van der Waals surface area contributed by atoms with Crippen LogP contribution in [0, 0.1) is 13.8 Å². The molecule has 0 radical (unpaired) electrons. The summed E-state index contributed by atoms with van der Waals surface area (Å²) < 4.78 is 5.00. The summed E-state index contributed by atoms with van der Waals surface area (Å²) in [5.41, 5.74) is 0.900. The van der Waals surface area contributed by atoms with Gasteiger partial charge in [-0.3, -0.25) is 4.79 Å². The summed E-state index contributed by atoms with van der Waals surface area (Å²) in [4.78, 5) is 12.7. The van der Waals surface area contributed by atoms with E-state index in [1.165, 1.54) is 0 Å². The van der Waals surface area contributed by atoms with Gasteiger partial charge < -0.3 is 15.2 Å². The van der Waals surface area contributed by atoms with Gasteiger partial charge in [-0.2, -0.15) is 0 Å². The molecule has 136 valence electrons. The van der Waals surface area contributed by atoms with E-state index in [4.69, 9.17) is 4.52 Å². The van der Waals surface area contributed by atoms with Crippen molar-refractivity contribution in [2.24, 2.45) is 0 Å². The number of benzene rings is 1. The Morgan fingerprint density at radius 1 is 1.23 bits per heavy atom. The van der Waals surface area contributed by atoms with Gasteiger partial charge in [0, 0.05) is 12.5 Å². The monoisotopic (exact) mass is 371 g/mol. The molecule has 0 aliphatic heterocycles. The number of rotatable bonds is 8. The highest BCUT2D eigenvalue weighted by atomic mass is 32.1. The van der Waals surface area contributed by atoms with E-state index in [0.717, 1.165) is 28.4 Å². The number of amides is 1. The Kier molecular flexibility index (Phi) is 6.08. The normalized spacial score (nSPS) is 12.1. The van der Waals surface area contributed by atoms with Crippen molar-refractivity contribution in [3.05, 3.63) is 57.7 Å². The van der Waals surface area contributed by atoms with Crippen molar-refractivity contribution in [1.29, 1.82) is 0 Å². The van der Waals surface area contributed by atoms with Gasteiger partial charge in [-0.1, -0.05) is 35.5 Å². The first kappa shape index (κ1) is 18.2. The van der Waals surface area contributed by atoms with Gasteiger partial charge in [-0.15, -0.1) is 21.5 Å². The zero-order valence-corrected chi connectivity index (χ0v) is 15.5. The zero-order chi connectivity index (χ0) is 18.4. The lowest BCUT2D eigenvalue weighted by Gasteiger charge is -2.18. The minimum atomic E-state index is -0.468. The Morgan fingerprint density at radius 3 is 2.69 bits per heavy atom. The van der Waals surface area contributed by atoms with E-state index >= 15 is 0 Å². The number of anilines is 1. The molecule has 0 bridgehead atoms. The molecule has 7 nitrogen and oxygen atoms in total. The molecule has 3 aromatic rings. The molecule has 8 heteroatoms. The Hall–Kier alpha value is -2.58. The highest BCUT2D eigenvalue weighted by Crippen LogP contribution is 2.17. The van der Waals surface area contributed by atoms with Crippen LogP contribution >= 0.6 is 11.3 Å². The lowest BCUT2D eigenvalue weighted by atomic mass is 10.1. The van der Waals surface area contributed by atoms with Gasteiger partial charge in [0.2, 0.25) is 5.91 Å². The summed E-state index contributed by atoms with van der Waals surface area (Å²) in [5.74, 6) is 0.896. The largest absolute Gasteiger partial charge is 0.360 e. The van der Waals surface area contributed by atoms with Gasteiger partial charge in [-0.25, -0.2) is 0 Å². The number of carbonyl (C=O) groups is 1. The third kappa shape index (κ3) is 4.96. The van der Waals surface area contributed by atoms with Crippen LogP contribution in [0.5, 0.6) is 0 Å². The molecule has 1 aromatic carbocycles. The first-order valence-corrected chi connectivity index (χ1v) is 9.25. The van der Waals surface area contributed by atoms with E-state index < -0.39 is 6.04 Å². The van der Waals surface area contributed by atoms with Crippen molar-refractivity contribution in [1.82, 2.24) is 20.7 Å². The molecule has 0 aliphatic carbocycles. The summed E-state index contributed by atoms with van der Waals surface area (Å²) in [5, 5.41) is 20.1. The Bertz CT molecular complexity index is 846. The molecular weight excluding hydrogens is 350 g/mol. The Balaban J connectivity index is 1.60. The second-order valence-electron chi connectivity index (χ2n) is 5.93. The summed E-state index contributed by atoms with van der Waals surface area (Å²) in [6.45, 7) is 4.41. The van der Waals surface area contributed by atoms with Crippen LogP contribution < -0.4 is 10.6 Å². The Morgan fingerprint density at radius 2 is 2.04 bits per heavy atom. The van der Waals surface area contributed by atoms with E-state index in [9.17, 15) is 4.79 Å². The van der Waals surface area contributed by atoms with Crippen LogP contribution in [0.2, 0.25) is 0 Å². The summed E-state index contributed by atoms with van der Waals surface area (Å²) in [6, 6.07) is 10.8. The zero-order valence-electron chi connectivity index (χ0n) is 14.7. The number of aryl methyl sites for hydroxylation is 3. The number of carbonyl (C=O) groups excluding carboxylic acids is 1. The third-order valence-electron chi connectivity index (χ3n) is 3.76. The number of hydrogen-bond acceptors (Lipinski definition) is 7. The first-order chi connectivity index (χ1) is 12.6. The maximum Gasteiger partial charge on any atom is 0.247 e. The number of aromatic nitrogens is 3. The smallest absolute Gasteiger partial charge is 0.247 e. The van der Waals surface area contributed by atoms with Gasteiger partial charge in [0.05, 0.1) is 0 Å². The minimum absolute atomic E-state index is 0.170. The molecule has 1 unspecified atom stereocenters. The number of nitrogens with zero attached hydrogens (tertiary/aromatic N) is 3. The standard InChI is InChI=1S/C18H21N5O2S/c1-12-11-15(23-25-12)20-18(24)17(14-7-4-3-5-8-14)19-10-6-9-16-22-21-13(2)26-16/h3-5,7-8,11,17,19H,6,9-10H2,1-2H3,(H,20,23,24). The van der Waals surface area contributed by atoms with E-state index in [2.05, 4.69) is 26.0 Å². The lowest BCUT2D eigenvalue weighted by molar-refractivity contribution is -0.118. The second-order valence-corrected chi connectivity index (χ2v) is 7.19. The molecule has 0 fully saturated rings. The average Bonchev–Trinajstić information content (AvgIpc) is 3.23. The predicted octanol–water partition coefficient (Wildman–Crippen LogP) is 3.05. The first-order valence-electron chi connectivity index (χ1n) is 8.43. The minimum Gasteiger partial charge on any atom is -0.360 e. The van der Waals surface area contributed by atoms with Crippen molar-refractivity contribution in [2.75, 3.05) is 11.9 Å². The van der Waals surface area contributed by atoms with Crippen LogP contribution in [0.4, 0.5) is 5.82 Å². The highest BCUT2D eigenvalue weighted by molar-refractivity contribution is 7.11. The van der Waals surface area contributed by atoms with Crippen molar-refractivity contribution in [2.45, 2.75) is 32.7 Å². The van der Waals surface area contributed by atoms with E-state index in [0.29, 0.717) is 18.1 Å². The maximum absolute atomic E-state index is 12.7. The lowest BCUT2D eigenvalue weighted by Crippen LogP contribution is -2.33. The van der Waals surface area contributed by atoms with Crippen LogP contribution in [0.15, 0.2) is 40.9 Å². The predicted molar refractivity (Wildman–Crippen MR) is 100 cm³/mol. The van der Waals surface area contributed by atoms with Crippen LogP contribution in [0.25, 0.3) is 0 Å². The molecule has 2 aromatic heterocycles. The molecule has 0 aliphatic rings. The van der Waals surface area contributed by atoms with Crippen LogP contribution in [0.3, 0.4) is 0 Å². The fourth-order valence-electron chi connectivity index (χ4n) is 2.56. The van der Waals surface area contributed by atoms with E-state index in [-0.39, 0.29) is 5.91 Å². The van der Waals surface area contributed by atoms with Crippen molar-refractivity contribution < 1.29 is 9.32 Å². The number of nitrogens with one attached hydrogen (secondary N) is 2. The van der Waals surface area contributed by atoms with Gasteiger partial charge >= 0.3 is 0 Å². The van der Waals surface area contributed by atoms with E-state index in [1.807, 2.05) is 37.3 Å². The van der Waals surface area contributed by atoms with Crippen molar-refractivity contribution >= 4 is 23.1 Å². The molecule has 0 saturated carbocycles. The molecular formula is C18H21N5O2S. The van der Waals surface area contributed by atoms with Crippen LogP contribution in [0.1, 0.15) is 33.8 Å². The average molecular weight is 371 g/mol. The van der Waals surface area contributed by atoms with Gasteiger partial charge in [0.15, 0.2) is 5.82 Å². The van der Waals surface area contributed by atoms with Crippen molar-refractivity contribution in [3.8, 4) is 0 Å². The molecule has 1 amide bonds. The molecule has 3 rings (SSSR count). The molecule has 26 heavy (non-hydrogen) atoms. The maximum atomic E-state index is 12.7. The quantitative estimate of drug-likeness (QED) is 0.591. The van der Waals surface area contributed by atoms with Crippen LogP contribution in [-0.4, -0.2) is 27.8 Å². The van der Waals surface area contributed by atoms with E-state index in [1.54, 1.807) is 24.3 Å². The third-order valence-corrected chi connectivity index (χ3v) is 4.66. The molecule has 2 heterocycles. The summed E-state index contributed by atoms with van der Waals surface area (Å²) in [6.07, 6.45) is 1.71. The summed E-state index contributed by atoms with van der Waals surface area (Å²) >= 11 is 1.61. The van der Waals surface area contributed by atoms with Gasteiger partial charge in [0.25, 0.3) is 0 Å². The van der Waals surface area contributed by atoms with Gasteiger partial charge in [0.1, 0.15) is 21.8 Å². The topological polar surface area (TPSA) is 92.9 Å². The summed E-state index contributed by atoms with van der Waals surface area (Å²) in [7, 11) is 0. The molecule has 0 saturated heterocycles. The Labute approximate surface area is 155 Å². The molecule has 1 atom stereocenters. The van der Waals surface area contributed by atoms with Crippen molar-refractivity contribution in [3.63, 3.8) is 0 Å². The SMILES string of the molecule is Cc1cc(NC(=O)C(NCCCc2nnc(C)s2)c2ccccc2)no1. The highest BCUT2D eigenvalue weighted by Gasteiger charge is 2.21. The van der Waals surface area contributed by atoms with Gasteiger partial charge in [-0.05, 0) is 32.4 Å². The second kappa shape index (κ2) is 8.68. The fourth-order valence-corrected chi connectivity index (χ4v) is 3.31. The fraction of sp³-hybridized carbons (Fsp3) is 0.333. The molecule has 2 N–H and O–H groups in total.